The lowest BCUT2D eigenvalue weighted by Gasteiger charge is -2.33. The van der Waals surface area contributed by atoms with Crippen LogP contribution in [0.3, 0.4) is 0 Å². The van der Waals surface area contributed by atoms with E-state index in [-0.39, 0.29) is 5.41 Å². The smallest absolute Gasteiger partial charge is 0.0710 e. The molecule has 2 N–H and O–H groups in total. The van der Waals surface area contributed by atoms with Crippen LogP contribution in [0.1, 0.15) is 18.9 Å². The van der Waals surface area contributed by atoms with Crippen LogP contribution in [0.5, 0.6) is 0 Å². The number of rotatable bonds is 5. The molecule has 0 aromatic heterocycles. The summed E-state index contributed by atoms with van der Waals surface area (Å²) < 4.78 is 5.42. The first-order valence-corrected chi connectivity index (χ1v) is 6.69. The maximum Gasteiger partial charge on any atom is 0.0710 e. The fourth-order valence-electron chi connectivity index (χ4n) is 2.74. The Morgan fingerprint density at radius 2 is 2.11 bits per heavy atom. The van der Waals surface area contributed by atoms with Gasteiger partial charge in [-0.25, -0.2) is 0 Å². The summed E-state index contributed by atoms with van der Waals surface area (Å²) in [5.41, 5.74) is 7.39. The molecule has 2 atom stereocenters. The third-order valence-electron chi connectivity index (χ3n) is 4.06. The van der Waals surface area contributed by atoms with Crippen molar-refractivity contribution in [3.8, 4) is 0 Å². The minimum atomic E-state index is 0.0316. The van der Waals surface area contributed by atoms with Crippen molar-refractivity contribution in [3.05, 3.63) is 35.9 Å². The lowest BCUT2D eigenvalue weighted by Crippen LogP contribution is -2.43. The van der Waals surface area contributed by atoms with Crippen molar-refractivity contribution in [1.29, 1.82) is 0 Å². The lowest BCUT2D eigenvalue weighted by atomic mass is 9.82. The van der Waals surface area contributed by atoms with Gasteiger partial charge in [0, 0.05) is 38.7 Å². The summed E-state index contributed by atoms with van der Waals surface area (Å²) in [5.74, 6) is 0. The molecule has 0 aliphatic carbocycles. The fraction of sp³-hybridized carbons (Fsp3) is 0.600. The van der Waals surface area contributed by atoms with Crippen LogP contribution in [-0.2, 0) is 10.2 Å². The minimum Gasteiger partial charge on any atom is -0.380 e. The van der Waals surface area contributed by atoms with E-state index in [2.05, 4.69) is 42.2 Å². The molecule has 1 heterocycles. The average molecular weight is 248 g/mol. The van der Waals surface area contributed by atoms with Gasteiger partial charge in [-0.05, 0) is 12.0 Å². The highest BCUT2D eigenvalue weighted by atomic mass is 16.5. The Balaban J connectivity index is 2.05. The summed E-state index contributed by atoms with van der Waals surface area (Å²) in [6.45, 7) is 6.07. The van der Waals surface area contributed by atoms with Crippen LogP contribution in [0.2, 0.25) is 0 Å². The van der Waals surface area contributed by atoms with Crippen molar-refractivity contribution in [2.75, 3.05) is 33.3 Å². The predicted octanol–water partition coefficient (Wildman–Crippen LogP) is 1.62. The van der Waals surface area contributed by atoms with Crippen molar-refractivity contribution in [1.82, 2.24) is 4.90 Å². The van der Waals surface area contributed by atoms with Crippen molar-refractivity contribution in [2.45, 2.75) is 24.9 Å². The average Bonchev–Trinajstić information content (AvgIpc) is 2.87. The molecule has 0 radical (unpaired) electrons. The third kappa shape index (κ3) is 2.91. The summed E-state index contributed by atoms with van der Waals surface area (Å²) in [4.78, 5) is 2.47. The summed E-state index contributed by atoms with van der Waals surface area (Å²) in [6, 6.07) is 10.6. The van der Waals surface area contributed by atoms with Gasteiger partial charge in [0.2, 0.25) is 0 Å². The van der Waals surface area contributed by atoms with Crippen molar-refractivity contribution >= 4 is 0 Å². The SMILES string of the molecule is COC1CCN(CC(C)(CN)c2ccccc2)C1. The van der Waals surface area contributed by atoms with Gasteiger partial charge in [0.25, 0.3) is 0 Å². The third-order valence-corrected chi connectivity index (χ3v) is 4.06. The van der Waals surface area contributed by atoms with Crippen LogP contribution in [-0.4, -0.2) is 44.3 Å². The van der Waals surface area contributed by atoms with Crippen LogP contribution >= 0.6 is 0 Å². The zero-order valence-electron chi connectivity index (χ0n) is 11.4. The number of hydrogen-bond acceptors (Lipinski definition) is 3. The molecule has 1 aliphatic rings. The molecule has 1 saturated heterocycles. The quantitative estimate of drug-likeness (QED) is 0.860. The number of nitrogens with zero attached hydrogens (tertiary/aromatic N) is 1. The molecule has 3 nitrogen and oxygen atoms in total. The van der Waals surface area contributed by atoms with E-state index >= 15 is 0 Å². The number of benzene rings is 1. The second kappa shape index (κ2) is 5.83. The van der Waals surface area contributed by atoms with Crippen LogP contribution < -0.4 is 5.73 Å². The highest BCUT2D eigenvalue weighted by Gasteiger charge is 2.31. The molecular weight excluding hydrogens is 224 g/mol. The van der Waals surface area contributed by atoms with Gasteiger partial charge in [0.15, 0.2) is 0 Å². The molecule has 18 heavy (non-hydrogen) atoms. The van der Waals surface area contributed by atoms with Gasteiger partial charge >= 0.3 is 0 Å². The molecule has 3 heteroatoms. The van der Waals surface area contributed by atoms with Crippen LogP contribution in [0.15, 0.2) is 30.3 Å². The number of likely N-dealkylation sites (tertiary alicyclic amines) is 1. The van der Waals surface area contributed by atoms with Gasteiger partial charge in [0.1, 0.15) is 0 Å². The van der Waals surface area contributed by atoms with Gasteiger partial charge in [-0.2, -0.15) is 0 Å². The van der Waals surface area contributed by atoms with E-state index in [4.69, 9.17) is 10.5 Å². The summed E-state index contributed by atoms with van der Waals surface area (Å²) >= 11 is 0. The Labute approximate surface area is 110 Å². The summed E-state index contributed by atoms with van der Waals surface area (Å²) in [6.07, 6.45) is 1.52. The molecular formula is C15H24N2O. The van der Waals surface area contributed by atoms with Crippen molar-refractivity contribution < 1.29 is 4.74 Å². The van der Waals surface area contributed by atoms with Crippen LogP contribution in [0, 0.1) is 0 Å². The first-order valence-electron chi connectivity index (χ1n) is 6.69. The Morgan fingerprint density at radius 3 is 2.67 bits per heavy atom. The van der Waals surface area contributed by atoms with E-state index in [9.17, 15) is 0 Å². The molecule has 100 valence electrons. The molecule has 1 aliphatic heterocycles. The topological polar surface area (TPSA) is 38.5 Å². The molecule has 0 amide bonds. The standard InChI is InChI=1S/C15H24N2O/c1-15(11-16,13-6-4-3-5-7-13)12-17-9-8-14(10-17)18-2/h3-7,14H,8-12,16H2,1-2H3. The number of hydrogen-bond donors (Lipinski definition) is 1. The van der Waals surface area contributed by atoms with Gasteiger partial charge in [-0.1, -0.05) is 37.3 Å². The zero-order chi connectivity index (χ0) is 13.0. The number of nitrogens with two attached hydrogens (primary N) is 1. The molecule has 0 spiro atoms. The van der Waals surface area contributed by atoms with Gasteiger partial charge in [-0.15, -0.1) is 0 Å². The first kappa shape index (κ1) is 13.5. The van der Waals surface area contributed by atoms with E-state index in [0.717, 1.165) is 26.1 Å². The van der Waals surface area contributed by atoms with Gasteiger partial charge in [-0.3, -0.25) is 4.90 Å². The summed E-state index contributed by atoms with van der Waals surface area (Å²) in [7, 11) is 1.80. The van der Waals surface area contributed by atoms with Gasteiger partial charge < -0.3 is 10.5 Å². The van der Waals surface area contributed by atoms with Crippen molar-refractivity contribution in [2.24, 2.45) is 5.73 Å². The molecule has 2 rings (SSSR count). The molecule has 1 aromatic rings. The monoisotopic (exact) mass is 248 g/mol. The molecule has 1 aromatic carbocycles. The van der Waals surface area contributed by atoms with E-state index in [1.807, 2.05) is 0 Å². The predicted molar refractivity (Wildman–Crippen MR) is 74.7 cm³/mol. The second-order valence-electron chi connectivity index (χ2n) is 5.51. The molecule has 0 bridgehead atoms. The Kier molecular flexibility index (Phi) is 4.38. The number of methoxy groups -OCH3 is 1. The Hall–Kier alpha value is -0.900. The lowest BCUT2D eigenvalue weighted by molar-refractivity contribution is 0.105. The summed E-state index contributed by atoms with van der Waals surface area (Å²) in [5, 5.41) is 0. The Morgan fingerprint density at radius 1 is 1.39 bits per heavy atom. The normalized spacial score (nSPS) is 24.1. The van der Waals surface area contributed by atoms with E-state index in [1.54, 1.807) is 7.11 Å². The van der Waals surface area contributed by atoms with Crippen LogP contribution in [0.25, 0.3) is 0 Å². The van der Waals surface area contributed by atoms with Crippen molar-refractivity contribution in [3.63, 3.8) is 0 Å². The van der Waals surface area contributed by atoms with E-state index < -0.39 is 0 Å². The van der Waals surface area contributed by atoms with E-state index in [0.29, 0.717) is 12.6 Å². The van der Waals surface area contributed by atoms with Crippen LogP contribution in [0.4, 0.5) is 0 Å². The minimum absolute atomic E-state index is 0.0316. The molecule has 0 saturated carbocycles. The molecule has 2 unspecified atom stereocenters. The van der Waals surface area contributed by atoms with Gasteiger partial charge in [0.05, 0.1) is 6.10 Å². The van der Waals surface area contributed by atoms with E-state index in [1.165, 1.54) is 5.56 Å². The highest BCUT2D eigenvalue weighted by Crippen LogP contribution is 2.25. The second-order valence-corrected chi connectivity index (χ2v) is 5.51. The first-order chi connectivity index (χ1) is 8.68. The number of ether oxygens (including phenoxy) is 1. The fourth-order valence-corrected chi connectivity index (χ4v) is 2.74. The maximum absolute atomic E-state index is 6.03. The largest absolute Gasteiger partial charge is 0.380 e. The maximum atomic E-state index is 6.03. The molecule has 1 fully saturated rings. The Bertz CT molecular complexity index is 368. The zero-order valence-corrected chi connectivity index (χ0v) is 11.4. The highest BCUT2D eigenvalue weighted by molar-refractivity contribution is 5.25.